The van der Waals surface area contributed by atoms with Crippen LogP contribution < -0.4 is 11.1 Å². The number of aromatic nitrogens is 2. The molecule has 0 radical (unpaired) electrons. The topological polar surface area (TPSA) is 121 Å². The third-order valence-corrected chi connectivity index (χ3v) is 5.19. The number of carboxylic acid groups (broad SMARTS) is 1. The fourth-order valence-electron chi connectivity index (χ4n) is 3.64. The molecule has 0 spiro atoms. The molecule has 1 aromatic heterocycles. The van der Waals surface area contributed by atoms with E-state index in [2.05, 4.69) is 15.5 Å². The first-order chi connectivity index (χ1) is 15.1. The van der Waals surface area contributed by atoms with Crippen molar-refractivity contribution in [3.63, 3.8) is 0 Å². The van der Waals surface area contributed by atoms with Gasteiger partial charge in [0.25, 0.3) is 0 Å². The first kappa shape index (κ1) is 20.3. The van der Waals surface area contributed by atoms with E-state index in [9.17, 15) is 14.7 Å². The average molecular weight is 414 g/mol. The number of anilines is 1. The number of aromatic carboxylic acids is 1. The van der Waals surface area contributed by atoms with Gasteiger partial charge < -0.3 is 16.2 Å². The number of hydrogen-bond acceptors (Lipinski definition) is 4. The third-order valence-electron chi connectivity index (χ3n) is 5.19. The van der Waals surface area contributed by atoms with E-state index >= 15 is 0 Å². The van der Waals surface area contributed by atoms with Gasteiger partial charge in [0.2, 0.25) is 5.91 Å². The van der Waals surface area contributed by atoms with Gasteiger partial charge in [-0.05, 0) is 48.9 Å². The summed E-state index contributed by atoms with van der Waals surface area (Å²) in [4.78, 5) is 24.3. The summed E-state index contributed by atoms with van der Waals surface area (Å²) in [7, 11) is 0. The highest BCUT2D eigenvalue weighted by atomic mass is 16.4. The summed E-state index contributed by atoms with van der Waals surface area (Å²) in [6.45, 7) is 0.401. The Bertz CT molecular complexity index is 1230. The Labute approximate surface area is 178 Å². The molecule has 31 heavy (non-hydrogen) atoms. The maximum absolute atomic E-state index is 13.0. The highest BCUT2D eigenvalue weighted by Crippen LogP contribution is 2.30. The minimum atomic E-state index is -0.999. The largest absolute Gasteiger partial charge is 0.478 e. The number of benzene rings is 3. The van der Waals surface area contributed by atoms with Gasteiger partial charge in [0.1, 0.15) is 0 Å². The Kier molecular flexibility index (Phi) is 5.77. The maximum Gasteiger partial charge on any atom is 0.335 e. The number of carbonyl (C=O) groups is 2. The smallest absolute Gasteiger partial charge is 0.335 e. The van der Waals surface area contributed by atoms with Crippen molar-refractivity contribution in [1.29, 1.82) is 0 Å². The Morgan fingerprint density at radius 1 is 1.03 bits per heavy atom. The second kappa shape index (κ2) is 8.81. The molecule has 4 rings (SSSR count). The fourth-order valence-corrected chi connectivity index (χ4v) is 3.64. The summed E-state index contributed by atoms with van der Waals surface area (Å²) in [6.07, 6.45) is 0.539. The Morgan fingerprint density at radius 3 is 2.58 bits per heavy atom. The van der Waals surface area contributed by atoms with Gasteiger partial charge in [-0.25, -0.2) is 4.79 Å². The number of H-pyrrole nitrogens is 1. The normalized spacial score (nSPS) is 11.9. The lowest BCUT2D eigenvalue weighted by atomic mass is 9.94. The van der Waals surface area contributed by atoms with E-state index in [1.54, 1.807) is 24.3 Å². The van der Waals surface area contributed by atoms with Gasteiger partial charge in [-0.3, -0.25) is 9.89 Å². The van der Waals surface area contributed by atoms with Crippen LogP contribution in [0.25, 0.3) is 22.2 Å². The van der Waals surface area contributed by atoms with Crippen molar-refractivity contribution in [2.24, 2.45) is 5.73 Å². The first-order valence-corrected chi connectivity index (χ1v) is 9.94. The van der Waals surface area contributed by atoms with Gasteiger partial charge in [0, 0.05) is 16.6 Å². The Hall–Kier alpha value is -3.97. The van der Waals surface area contributed by atoms with Gasteiger partial charge in [-0.2, -0.15) is 5.10 Å². The maximum atomic E-state index is 13.0. The van der Waals surface area contributed by atoms with Crippen LogP contribution in [-0.4, -0.2) is 33.7 Å². The van der Waals surface area contributed by atoms with E-state index in [1.807, 2.05) is 42.5 Å². The van der Waals surface area contributed by atoms with E-state index < -0.39 is 5.97 Å². The molecular formula is C24H22N4O3. The molecule has 0 aliphatic rings. The number of nitrogens with one attached hydrogen (secondary N) is 2. The summed E-state index contributed by atoms with van der Waals surface area (Å²) >= 11 is 0. The van der Waals surface area contributed by atoms with Gasteiger partial charge in [0.15, 0.2) is 0 Å². The average Bonchev–Trinajstić information content (AvgIpc) is 3.21. The zero-order chi connectivity index (χ0) is 21.8. The highest BCUT2D eigenvalue weighted by Gasteiger charge is 2.20. The van der Waals surface area contributed by atoms with Gasteiger partial charge in [-0.15, -0.1) is 0 Å². The van der Waals surface area contributed by atoms with Gasteiger partial charge in [-0.1, -0.05) is 42.5 Å². The molecule has 5 N–H and O–H groups in total. The molecule has 1 amide bonds. The van der Waals surface area contributed by atoms with Crippen LogP contribution >= 0.6 is 0 Å². The number of hydrogen-bond donors (Lipinski definition) is 4. The van der Waals surface area contributed by atoms with Crippen LogP contribution in [0.5, 0.6) is 0 Å². The van der Waals surface area contributed by atoms with Gasteiger partial charge in [0.05, 0.1) is 22.7 Å². The number of rotatable bonds is 7. The van der Waals surface area contributed by atoms with Crippen molar-refractivity contribution in [3.8, 4) is 11.3 Å². The molecule has 7 heteroatoms. The van der Waals surface area contributed by atoms with Crippen molar-refractivity contribution in [1.82, 2.24) is 10.2 Å². The second-order valence-corrected chi connectivity index (χ2v) is 7.25. The molecule has 156 valence electrons. The summed E-state index contributed by atoms with van der Waals surface area (Å²) < 4.78 is 0. The quantitative estimate of drug-likeness (QED) is 0.364. The number of nitrogens with zero attached hydrogens (tertiary/aromatic N) is 1. The van der Waals surface area contributed by atoms with E-state index in [4.69, 9.17) is 5.73 Å². The van der Waals surface area contributed by atoms with E-state index in [1.165, 1.54) is 6.07 Å². The lowest BCUT2D eigenvalue weighted by Crippen LogP contribution is -2.23. The first-order valence-electron chi connectivity index (χ1n) is 9.94. The summed E-state index contributed by atoms with van der Waals surface area (Å²) in [5.41, 5.74) is 9.57. The number of aromatic amines is 1. The van der Waals surface area contributed by atoms with E-state index in [-0.39, 0.29) is 17.4 Å². The van der Waals surface area contributed by atoms with Crippen LogP contribution in [0.3, 0.4) is 0 Å². The van der Waals surface area contributed by atoms with Gasteiger partial charge >= 0.3 is 5.97 Å². The van der Waals surface area contributed by atoms with Crippen LogP contribution in [0.1, 0.15) is 28.3 Å². The van der Waals surface area contributed by atoms with Crippen LogP contribution in [0.4, 0.5) is 5.69 Å². The molecular weight excluding hydrogens is 392 g/mol. The number of fused-ring (bicyclic) bond motifs is 1. The molecule has 3 aromatic carbocycles. The second-order valence-electron chi connectivity index (χ2n) is 7.25. The van der Waals surface area contributed by atoms with Crippen molar-refractivity contribution < 1.29 is 14.7 Å². The molecule has 0 aliphatic heterocycles. The van der Waals surface area contributed by atoms with E-state index in [0.29, 0.717) is 29.9 Å². The SMILES string of the molecule is NCCC(C(=O)Nc1ccc2[nH]nc(-c3cccc(C(=O)O)c3)c2c1)c1ccccc1. The monoisotopic (exact) mass is 414 g/mol. The predicted octanol–water partition coefficient (Wildman–Crippen LogP) is 4.00. The molecule has 4 aromatic rings. The Balaban J connectivity index is 1.65. The van der Waals surface area contributed by atoms with Crippen LogP contribution in [0.15, 0.2) is 72.8 Å². The summed E-state index contributed by atoms with van der Waals surface area (Å²) in [5.74, 6) is -1.48. The molecule has 0 aliphatic carbocycles. The third kappa shape index (κ3) is 4.31. The van der Waals surface area contributed by atoms with E-state index in [0.717, 1.165) is 16.5 Å². The zero-order valence-corrected chi connectivity index (χ0v) is 16.7. The lowest BCUT2D eigenvalue weighted by molar-refractivity contribution is -0.117. The molecule has 0 bridgehead atoms. The van der Waals surface area contributed by atoms with Crippen LogP contribution in [0, 0.1) is 0 Å². The van der Waals surface area contributed by atoms with Crippen LogP contribution in [0.2, 0.25) is 0 Å². The number of carboxylic acids is 1. The minimum Gasteiger partial charge on any atom is -0.478 e. The van der Waals surface area contributed by atoms with Crippen molar-refractivity contribution in [3.05, 3.63) is 83.9 Å². The highest BCUT2D eigenvalue weighted by molar-refractivity contribution is 6.01. The molecule has 1 heterocycles. The minimum absolute atomic E-state index is 0.131. The summed E-state index contributed by atoms with van der Waals surface area (Å²) in [6, 6.07) is 21.6. The molecule has 0 fully saturated rings. The molecule has 0 saturated heterocycles. The number of nitrogens with two attached hydrogens (primary N) is 1. The van der Waals surface area contributed by atoms with Crippen molar-refractivity contribution >= 4 is 28.5 Å². The molecule has 7 nitrogen and oxygen atoms in total. The van der Waals surface area contributed by atoms with Crippen molar-refractivity contribution in [2.75, 3.05) is 11.9 Å². The van der Waals surface area contributed by atoms with Crippen molar-refractivity contribution in [2.45, 2.75) is 12.3 Å². The molecule has 1 unspecified atom stereocenters. The number of amides is 1. The predicted molar refractivity (Wildman–Crippen MR) is 120 cm³/mol. The number of carbonyl (C=O) groups excluding carboxylic acids is 1. The fraction of sp³-hybridized carbons (Fsp3) is 0.125. The lowest BCUT2D eigenvalue weighted by Gasteiger charge is -2.16. The Morgan fingerprint density at radius 2 is 1.84 bits per heavy atom. The summed E-state index contributed by atoms with van der Waals surface area (Å²) in [5, 5.41) is 20.4. The standard InChI is InChI=1S/C24H22N4O3/c25-12-11-19(15-5-2-1-3-6-15)23(29)26-18-9-10-21-20(14-18)22(28-27-21)16-7-4-8-17(13-16)24(30)31/h1-10,13-14,19H,11-12,25H2,(H,26,29)(H,27,28)(H,30,31). The van der Waals surface area contributed by atoms with Crippen LogP contribution in [-0.2, 0) is 4.79 Å². The zero-order valence-electron chi connectivity index (χ0n) is 16.7. The molecule has 1 atom stereocenters. The molecule has 0 saturated carbocycles.